The van der Waals surface area contributed by atoms with Crippen molar-refractivity contribution in [2.75, 3.05) is 18.9 Å². The van der Waals surface area contributed by atoms with Crippen LogP contribution in [0.3, 0.4) is 0 Å². The van der Waals surface area contributed by atoms with Crippen molar-refractivity contribution in [3.8, 4) is 0 Å². The zero-order chi connectivity index (χ0) is 22.3. The number of imidazole rings is 1. The summed E-state index contributed by atoms with van der Waals surface area (Å²) in [5.74, 6) is -0.121. The summed E-state index contributed by atoms with van der Waals surface area (Å²) in [6.45, 7) is -0.280. The molecule has 0 unspecified atom stereocenters. The van der Waals surface area contributed by atoms with Gasteiger partial charge < -0.3 is 9.47 Å². The van der Waals surface area contributed by atoms with Crippen LogP contribution in [0.5, 0.6) is 0 Å². The monoisotopic (exact) mass is 437 g/mol. The first-order chi connectivity index (χ1) is 15.5. The Kier molecular flexibility index (Phi) is 5.39. The summed E-state index contributed by atoms with van der Waals surface area (Å²) in [5.41, 5.74) is 1.07. The van der Waals surface area contributed by atoms with E-state index in [9.17, 15) is 14.4 Å². The number of nitrogens with one attached hydrogen (secondary N) is 1. The Labute approximate surface area is 187 Å². The summed E-state index contributed by atoms with van der Waals surface area (Å²) in [5, 5.41) is 2.92. The highest BCUT2D eigenvalue weighted by Crippen LogP contribution is 2.39. The number of urea groups is 1. The number of para-hydroxylation sites is 2. The van der Waals surface area contributed by atoms with Gasteiger partial charge in [0, 0.05) is 13.1 Å². The average molecular weight is 438 g/mol. The van der Waals surface area contributed by atoms with Gasteiger partial charge in [-0.05, 0) is 37.8 Å². The van der Waals surface area contributed by atoms with Crippen molar-refractivity contribution in [1.82, 2.24) is 19.4 Å². The topological polar surface area (TPSA) is 87.5 Å². The van der Waals surface area contributed by atoms with E-state index >= 15 is 0 Å². The minimum atomic E-state index is -0.773. The second-order valence-electron chi connectivity index (χ2n) is 9.46. The van der Waals surface area contributed by atoms with Crippen molar-refractivity contribution < 1.29 is 14.4 Å². The number of amides is 4. The van der Waals surface area contributed by atoms with Crippen molar-refractivity contribution in [2.45, 2.75) is 75.8 Å². The van der Waals surface area contributed by atoms with Crippen molar-refractivity contribution >= 4 is 34.8 Å². The molecule has 8 heteroatoms. The fraction of sp³-hybridized carbons (Fsp3) is 0.583. The van der Waals surface area contributed by atoms with Gasteiger partial charge in [0.05, 0.1) is 11.0 Å². The molecular formula is C24H31N5O3. The van der Waals surface area contributed by atoms with Crippen LogP contribution >= 0.6 is 0 Å². The van der Waals surface area contributed by atoms with Crippen LogP contribution in [0.1, 0.15) is 70.3 Å². The van der Waals surface area contributed by atoms with E-state index in [1.807, 2.05) is 24.3 Å². The predicted octanol–water partition coefficient (Wildman–Crippen LogP) is 4.08. The van der Waals surface area contributed by atoms with Gasteiger partial charge in [-0.1, -0.05) is 50.7 Å². The molecule has 2 aliphatic carbocycles. The normalized spacial score (nSPS) is 21.7. The van der Waals surface area contributed by atoms with E-state index in [1.165, 1.54) is 6.42 Å². The molecule has 32 heavy (non-hydrogen) atoms. The van der Waals surface area contributed by atoms with Crippen LogP contribution in [0, 0.1) is 0 Å². The van der Waals surface area contributed by atoms with Gasteiger partial charge in [0.25, 0.3) is 5.91 Å². The quantitative estimate of drug-likeness (QED) is 0.730. The second-order valence-corrected chi connectivity index (χ2v) is 9.46. The van der Waals surface area contributed by atoms with E-state index in [1.54, 1.807) is 11.9 Å². The number of hydrogen-bond donors (Lipinski definition) is 1. The maximum absolute atomic E-state index is 13.2. The smallest absolute Gasteiger partial charge is 0.313 e. The molecule has 3 fully saturated rings. The van der Waals surface area contributed by atoms with Gasteiger partial charge in [-0.25, -0.2) is 9.78 Å². The fourth-order valence-corrected chi connectivity index (χ4v) is 5.82. The van der Waals surface area contributed by atoms with Crippen molar-refractivity contribution in [3.63, 3.8) is 0 Å². The Bertz CT molecular complexity index is 1050. The summed E-state index contributed by atoms with van der Waals surface area (Å²) in [6.07, 6.45) is 9.94. The summed E-state index contributed by atoms with van der Waals surface area (Å²) in [4.78, 5) is 46.4. The molecule has 2 heterocycles. The van der Waals surface area contributed by atoms with Crippen LogP contribution in [-0.2, 0) is 9.59 Å². The van der Waals surface area contributed by atoms with E-state index in [0.717, 1.165) is 60.9 Å². The molecule has 1 saturated heterocycles. The lowest BCUT2D eigenvalue weighted by atomic mass is 9.81. The molecule has 3 aliphatic rings. The summed E-state index contributed by atoms with van der Waals surface area (Å²) >= 11 is 0. The Morgan fingerprint density at radius 1 is 1.06 bits per heavy atom. The third-order valence-corrected chi connectivity index (χ3v) is 7.57. The number of carbonyl (C=O) groups excluding carboxylic acids is 3. The number of rotatable bonds is 4. The van der Waals surface area contributed by atoms with Gasteiger partial charge in [-0.2, -0.15) is 0 Å². The first-order valence-electron chi connectivity index (χ1n) is 11.9. The van der Waals surface area contributed by atoms with Gasteiger partial charge in [0.1, 0.15) is 12.1 Å². The van der Waals surface area contributed by atoms with E-state index in [4.69, 9.17) is 0 Å². The largest absolute Gasteiger partial charge is 0.327 e. The molecule has 0 atom stereocenters. The molecule has 1 aliphatic heterocycles. The van der Waals surface area contributed by atoms with Crippen LogP contribution < -0.4 is 5.32 Å². The Balaban J connectivity index is 1.38. The molecule has 8 nitrogen and oxygen atoms in total. The number of carbonyl (C=O) groups is 3. The lowest BCUT2D eigenvalue weighted by Crippen LogP contribution is -2.49. The zero-order valence-electron chi connectivity index (χ0n) is 18.7. The molecule has 4 amide bonds. The number of benzene rings is 1. The highest BCUT2D eigenvalue weighted by molar-refractivity contribution is 6.10. The summed E-state index contributed by atoms with van der Waals surface area (Å²) < 4.78 is 2.13. The summed E-state index contributed by atoms with van der Waals surface area (Å²) in [7, 11) is 1.69. The molecule has 1 spiro atoms. The van der Waals surface area contributed by atoms with E-state index in [-0.39, 0.29) is 30.4 Å². The summed E-state index contributed by atoms with van der Waals surface area (Å²) in [6, 6.07) is 7.80. The van der Waals surface area contributed by atoms with Crippen LogP contribution in [-0.4, -0.2) is 56.3 Å². The SMILES string of the molecule is CN1C(=O)N(CC(=O)Nc2nc3ccccc3n2C2CCCCC2)C(=O)C12CCCCC2. The average Bonchev–Trinajstić information content (AvgIpc) is 3.26. The fourth-order valence-electron chi connectivity index (χ4n) is 5.82. The zero-order valence-corrected chi connectivity index (χ0v) is 18.7. The van der Waals surface area contributed by atoms with Crippen LogP contribution in [0.4, 0.5) is 10.7 Å². The van der Waals surface area contributed by atoms with Gasteiger partial charge in [-0.15, -0.1) is 0 Å². The first kappa shape index (κ1) is 21.0. The van der Waals surface area contributed by atoms with Gasteiger partial charge >= 0.3 is 6.03 Å². The molecule has 1 N–H and O–H groups in total. The minimum Gasteiger partial charge on any atom is -0.313 e. The molecule has 2 saturated carbocycles. The van der Waals surface area contributed by atoms with E-state index in [0.29, 0.717) is 18.8 Å². The maximum atomic E-state index is 13.2. The highest BCUT2D eigenvalue weighted by atomic mass is 16.2. The molecule has 0 bridgehead atoms. The molecule has 2 aromatic rings. The van der Waals surface area contributed by atoms with Crippen LogP contribution in [0.2, 0.25) is 0 Å². The molecule has 170 valence electrons. The Morgan fingerprint density at radius 3 is 2.50 bits per heavy atom. The number of hydrogen-bond acceptors (Lipinski definition) is 4. The van der Waals surface area contributed by atoms with Crippen LogP contribution in [0.25, 0.3) is 11.0 Å². The second kappa shape index (κ2) is 8.22. The number of imide groups is 1. The minimum absolute atomic E-state index is 0.236. The van der Waals surface area contributed by atoms with Crippen molar-refractivity contribution in [2.24, 2.45) is 0 Å². The Morgan fingerprint density at radius 2 is 1.75 bits per heavy atom. The molecule has 0 radical (unpaired) electrons. The standard InChI is InChI=1S/C24H31N5O3/c1-27-23(32)28(21(31)24(27)14-8-3-9-15-24)16-20(30)26-22-25-18-12-6-7-13-19(18)29(22)17-10-4-2-5-11-17/h6-7,12-13,17H,2-5,8-11,14-16H2,1H3,(H,25,26,30). The van der Waals surface area contributed by atoms with Gasteiger partial charge in [-0.3, -0.25) is 19.8 Å². The van der Waals surface area contributed by atoms with E-state index < -0.39 is 5.54 Å². The Hall–Kier alpha value is -2.90. The highest BCUT2D eigenvalue weighted by Gasteiger charge is 2.55. The third kappa shape index (κ3) is 3.36. The lowest BCUT2D eigenvalue weighted by Gasteiger charge is -2.35. The number of anilines is 1. The number of nitrogens with zero attached hydrogens (tertiary/aromatic N) is 4. The molecular weight excluding hydrogens is 406 g/mol. The van der Waals surface area contributed by atoms with Crippen molar-refractivity contribution in [1.29, 1.82) is 0 Å². The van der Waals surface area contributed by atoms with Gasteiger partial charge in [0.15, 0.2) is 0 Å². The number of likely N-dealkylation sites (N-methyl/N-ethyl adjacent to an activating group) is 1. The maximum Gasteiger partial charge on any atom is 0.327 e. The third-order valence-electron chi connectivity index (χ3n) is 7.57. The molecule has 1 aromatic carbocycles. The first-order valence-corrected chi connectivity index (χ1v) is 11.9. The number of aromatic nitrogens is 2. The number of fused-ring (bicyclic) bond motifs is 1. The molecule has 1 aromatic heterocycles. The van der Waals surface area contributed by atoms with Crippen LogP contribution in [0.15, 0.2) is 24.3 Å². The van der Waals surface area contributed by atoms with Gasteiger partial charge in [0.2, 0.25) is 11.9 Å². The predicted molar refractivity (Wildman–Crippen MR) is 121 cm³/mol. The molecule has 5 rings (SSSR count). The lowest BCUT2D eigenvalue weighted by molar-refractivity contribution is -0.136. The van der Waals surface area contributed by atoms with Crippen molar-refractivity contribution in [3.05, 3.63) is 24.3 Å². The van der Waals surface area contributed by atoms with E-state index in [2.05, 4.69) is 14.9 Å².